The van der Waals surface area contributed by atoms with Crippen LogP contribution in [-0.2, 0) is 11.2 Å². The van der Waals surface area contributed by atoms with E-state index in [-0.39, 0.29) is 17.2 Å². The second kappa shape index (κ2) is 4.90. The summed E-state index contributed by atoms with van der Waals surface area (Å²) in [5, 5.41) is 2.03. The summed E-state index contributed by atoms with van der Waals surface area (Å²) < 4.78 is 0. The van der Waals surface area contributed by atoms with Gasteiger partial charge in [0.25, 0.3) is 0 Å². The second-order valence-corrected chi connectivity index (χ2v) is 5.92. The summed E-state index contributed by atoms with van der Waals surface area (Å²) in [4.78, 5) is 13.0. The summed E-state index contributed by atoms with van der Waals surface area (Å²) in [7, 11) is 0. The quantitative estimate of drug-likeness (QED) is 0.856. The normalized spacial score (nSPS) is 13.9. The minimum Gasteiger partial charge on any atom is -0.321 e. The van der Waals surface area contributed by atoms with Gasteiger partial charge in [-0.25, -0.2) is 0 Å². The molecule has 2 N–H and O–H groups in total. The van der Waals surface area contributed by atoms with Gasteiger partial charge < -0.3 is 5.73 Å². The van der Waals surface area contributed by atoms with Crippen molar-refractivity contribution in [3.8, 4) is 0 Å². The first-order valence-electron chi connectivity index (χ1n) is 5.22. The van der Waals surface area contributed by atoms with Gasteiger partial charge in [0.05, 0.1) is 6.04 Å². The Morgan fingerprint density at radius 3 is 2.67 bits per heavy atom. The van der Waals surface area contributed by atoms with E-state index in [1.807, 2.05) is 32.2 Å². The lowest BCUT2D eigenvalue weighted by Gasteiger charge is -2.25. The first kappa shape index (κ1) is 12.4. The Bertz CT molecular complexity index is 311. The molecule has 1 aromatic rings. The van der Waals surface area contributed by atoms with Crippen molar-refractivity contribution < 1.29 is 4.79 Å². The van der Waals surface area contributed by atoms with Crippen molar-refractivity contribution in [1.29, 1.82) is 0 Å². The van der Waals surface area contributed by atoms with Crippen LogP contribution in [0.2, 0.25) is 0 Å². The fourth-order valence-electron chi connectivity index (χ4n) is 1.34. The van der Waals surface area contributed by atoms with Crippen molar-refractivity contribution in [3.05, 3.63) is 22.4 Å². The van der Waals surface area contributed by atoms with Crippen LogP contribution in [0, 0.1) is 5.41 Å². The molecule has 15 heavy (non-hydrogen) atoms. The molecule has 3 heteroatoms. The van der Waals surface area contributed by atoms with Crippen molar-refractivity contribution in [2.24, 2.45) is 11.1 Å². The minimum absolute atomic E-state index is 0.132. The zero-order valence-electron chi connectivity index (χ0n) is 9.62. The average molecular weight is 225 g/mol. The van der Waals surface area contributed by atoms with E-state index in [4.69, 9.17) is 5.73 Å². The van der Waals surface area contributed by atoms with E-state index in [0.29, 0.717) is 6.42 Å². The second-order valence-electron chi connectivity index (χ2n) is 4.89. The molecule has 0 fully saturated rings. The highest BCUT2D eigenvalue weighted by Crippen LogP contribution is 2.20. The summed E-state index contributed by atoms with van der Waals surface area (Å²) in [5.74, 6) is 0.163. The number of carbonyl (C=O) groups is 1. The molecule has 0 aliphatic rings. The number of Topliss-reactive ketones (excluding diaryl/α,β-unsaturated/α-hetero) is 1. The lowest BCUT2D eigenvalue weighted by Crippen LogP contribution is -2.42. The zero-order valence-corrected chi connectivity index (χ0v) is 10.4. The van der Waals surface area contributed by atoms with Gasteiger partial charge in [0.15, 0.2) is 0 Å². The molecule has 0 spiro atoms. The molecule has 0 amide bonds. The van der Waals surface area contributed by atoms with Gasteiger partial charge in [-0.3, -0.25) is 4.79 Å². The highest BCUT2D eigenvalue weighted by Gasteiger charge is 2.26. The molecule has 0 aliphatic carbocycles. The first-order valence-corrected chi connectivity index (χ1v) is 6.10. The number of aryl methyl sites for hydroxylation is 1. The van der Waals surface area contributed by atoms with Gasteiger partial charge in [-0.2, -0.15) is 0 Å². The number of hydrogen-bond acceptors (Lipinski definition) is 3. The maximum atomic E-state index is 11.8. The van der Waals surface area contributed by atoms with Crippen LogP contribution < -0.4 is 5.73 Å². The van der Waals surface area contributed by atoms with E-state index < -0.39 is 0 Å². The maximum absolute atomic E-state index is 11.8. The smallest absolute Gasteiger partial charge is 0.150 e. The van der Waals surface area contributed by atoms with Gasteiger partial charge in [0.2, 0.25) is 0 Å². The molecule has 2 nitrogen and oxygen atoms in total. The summed E-state index contributed by atoms with van der Waals surface area (Å²) in [6, 6.07) is 3.71. The van der Waals surface area contributed by atoms with Gasteiger partial charge in [-0.05, 0) is 23.3 Å². The van der Waals surface area contributed by atoms with Crippen LogP contribution >= 0.6 is 11.3 Å². The van der Waals surface area contributed by atoms with Gasteiger partial charge in [-0.1, -0.05) is 26.8 Å². The predicted molar refractivity (Wildman–Crippen MR) is 65.1 cm³/mol. The molecule has 1 aromatic heterocycles. The topological polar surface area (TPSA) is 43.1 Å². The van der Waals surface area contributed by atoms with E-state index >= 15 is 0 Å². The molecule has 1 heterocycles. The zero-order chi connectivity index (χ0) is 11.5. The van der Waals surface area contributed by atoms with Crippen LogP contribution in [0.1, 0.15) is 32.1 Å². The van der Waals surface area contributed by atoms with Crippen molar-refractivity contribution in [2.45, 2.75) is 39.7 Å². The SMILES string of the molecule is CC(C)(C)C(N)C(=O)CCc1cccs1. The molecule has 0 aromatic carbocycles. The van der Waals surface area contributed by atoms with Gasteiger partial charge in [-0.15, -0.1) is 11.3 Å². The molecule has 1 unspecified atom stereocenters. The van der Waals surface area contributed by atoms with Crippen molar-refractivity contribution in [3.63, 3.8) is 0 Å². The molecular weight excluding hydrogens is 206 g/mol. The predicted octanol–water partition coefficient (Wildman–Crippen LogP) is 2.62. The molecule has 1 atom stereocenters. The van der Waals surface area contributed by atoms with Crippen molar-refractivity contribution >= 4 is 17.1 Å². The third kappa shape index (κ3) is 3.76. The first-order chi connectivity index (χ1) is 6.91. The van der Waals surface area contributed by atoms with Gasteiger partial charge >= 0.3 is 0 Å². The van der Waals surface area contributed by atoms with E-state index in [1.54, 1.807) is 11.3 Å². The lowest BCUT2D eigenvalue weighted by atomic mass is 9.83. The van der Waals surface area contributed by atoms with Crippen LogP contribution in [0.3, 0.4) is 0 Å². The van der Waals surface area contributed by atoms with Crippen LogP contribution in [0.25, 0.3) is 0 Å². The van der Waals surface area contributed by atoms with E-state index in [1.165, 1.54) is 4.88 Å². The highest BCUT2D eigenvalue weighted by atomic mass is 32.1. The molecular formula is C12H19NOS. The number of carbonyl (C=O) groups excluding carboxylic acids is 1. The highest BCUT2D eigenvalue weighted by molar-refractivity contribution is 7.09. The maximum Gasteiger partial charge on any atom is 0.150 e. The van der Waals surface area contributed by atoms with E-state index in [2.05, 4.69) is 6.07 Å². The number of rotatable bonds is 4. The molecule has 0 saturated carbocycles. The minimum atomic E-state index is -0.350. The summed E-state index contributed by atoms with van der Waals surface area (Å²) in [5.41, 5.74) is 5.76. The largest absolute Gasteiger partial charge is 0.321 e. The van der Waals surface area contributed by atoms with Gasteiger partial charge in [0.1, 0.15) is 5.78 Å². The number of thiophene rings is 1. The molecule has 84 valence electrons. The third-order valence-electron chi connectivity index (χ3n) is 2.48. The standard InChI is InChI=1S/C12H19NOS/c1-12(2,3)11(13)10(14)7-6-9-5-4-8-15-9/h4-5,8,11H,6-7,13H2,1-3H3. The molecule has 0 bridgehead atoms. The van der Waals surface area contributed by atoms with Crippen LogP contribution in [0.5, 0.6) is 0 Å². The van der Waals surface area contributed by atoms with Gasteiger partial charge in [0, 0.05) is 11.3 Å². The molecule has 0 aliphatic heterocycles. The lowest BCUT2D eigenvalue weighted by molar-refractivity contribution is -0.122. The molecule has 1 rings (SSSR count). The molecule has 0 saturated heterocycles. The fraction of sp³-hybridized carbons (Fsp3) is 0.583. The Hall–Kier alpha value is -0.670. The number of ketones is 1. The Morgan fingerprint density at radius 2 is 2.20 bits per heavy atom. The molecule has 0 radical (unpaired) electrons. The van der Waals surface area contributed by atoms with Crippen molar-refractivity contribution in [1.82, 2.24) is 0 Å². The van der Waals surface area contributed by atoms with Crippen molar-refractivity contribution in [2.75, 3.05) is 0 Å². The summed E-state index contributed by atoms with van der Waals surface area (Å²) in [6.07, 6.45) is 1.37. The number of nitrogens with two attached hydrogens (primary N) is 1. The average Bonchev–Trinajstić information content (AvgIpc) is 2.63. The Labute approximate surface area is 95.5 Å². The van der Waals surface area contributed by atoms with Crippen LogP contribution in [0.4, 0.5) is 0 Å². The third-order valence-corrected chi connectivity index (χ3v) is 3.41. The Balaban J connectivity index is 2.43. The fourth-order valence-corrected chi connectivity index (χ4v) is 2.05. The Morgan fingerprint density at radius 1 is 1.53 bits per heavy atom. The number of hydrogen-bond donors (Lipinski definition) is 1. The van der Waals surface area contributed by atoms with E-state index in [9.17, 15) is 4.79 Å². The van der Waals surface area contributed by atoms with E-state index in [0.717, 1.165) is 6.42 Å². The summed E-state index contributed by atoms with van der Waals surface area (Å²) >= 11 is 1.69. The summed E-state index contributed by atoms with van der Waals surface area (Å²) in [6.45, 7) is 6.00. The Kier molecular flexibility index (Phi) is 4.05. The van der Waals surface area contributed by atoms with Crippen LogP contribution in [0.15, 0.2) is 17.5 Å². The monoisotopic (exact) mass is 225 g/mol. The van der Waals surface area contributed by atoms with Crippen LogP contribution in [-0.4, -0.2) is 11.8 Å².